The zero-order chi connectivity index (χ0) is 88.2. The summed E-state index contributed by atoms with van der Waals surface area (Å²) in [6.07, 6.45) is 9.82. The van der Waals surface area contributed by atoms with Gasteiger partial charge in [0.25, 0.3) is 0 Å². The van der Waals surface area contributed by atoms with Crippen LogP contribution in [0.25, 0.3) is 226 Å². The number of fused-ring (bicyclic) bond motifs is 18. The zero-order valence-corrected chi connectivity index (χ0v) is 76.2. The molecule has 27 rings (SSSR count). The highest BCUT2D eigenvalue weighted by Crippen LogP contribution is 2.49. The molecule has 0 amide bonds. The summed E-state index contributed by atoms with van der Waals surface area (Å²) in [7, 11) is 0. The number of hydrogen-bond donors (Lipinski definition) is 1. The van der Waals surface area contributed by atoms with Crippen LogP contribution >= 0.6 is 49.9 Å². The quantitative estimate of drug-likeness (QED) is 0.125. The van der Waals surface area contributed by atoms with E-state index in [1.165, 1.54) is 237 Å². The topological polar surface area (TPSA) is 25.6 Å². The first-order valence-corrected chi connectivity index (χ1v) is 48.2. The summed E-state index contributed by atoms with van der Waals surface area (Å²) in [5, 5.41) is 15.6. The van der Waals surface area contributed by atoms with Crippen LogP contribution in [0.15, 0.2) is 490 Å². The lowest BCUT2D eigenvalue weighted by Crippen LogP contribution is -1.93. The van der Waals surface area contributed by atoms with Gasteiger partial charge in [0.05, 0.1) is 70.3 Å². The van der Waals surface area contributed by atoms with Crippen LogP contribution in [0, 0.1) is 6.08 Å². The molecule has 7 heteroatoms. The van der Waals surface area contributed by atoms with Gasteiger partial charge >= 0.3 is 0 Å². The Bertz CT molecular complexity index is 8540. The standard InChI is InChI=1S/2C42H27NS.C30H18BrS.C12H9N/c2*1-2-11-28(12-3-1)29-23-25-30(26-24-29)31-13-8-14-32(27-31)33-17-9-18-36-37-19-10-22-40(42(37)44-41(33)36)43-38-20-6-4-15-34(38)35-16-5-7-21-39(35)43;31-28-14-6-13-27-26-12-5-11-25(29(26)32-30(27)28)24-10-4-9-23(19-24)22-17-15-21(16-18-22)20-7-2-1-3-8-20;1-3-7-11-9(5-1)10-6-2-4-8-12(10)13-11/h2*1-27H;1-3,5-19H;1-8,13H/q;;+1;. The van der Waals surface area contributed by atoms with Crippen LogP contribution in [-0.4, -0.2) is 14.1 Å². The summed E-state index contributed by atoms with van der Waals surface area (Å²) in [5.41, 5.74) is 32.1. The first kappa shape index (κ1) is 80.4. The van der Waals surface area contributed by atoms with E-state index in [0.29, 0.717) is 0 Å². The third-order valence-corrected chi connectivity index (χ3v) is 30.7. The lowest BCUT2D eigenvalue weighted by molar-refractivity contribution is 1.20. The molecule has 0 spiro atoms. The van der Waals surface area contributed by atoms with Gasteiger partial charge in [-0.05, 0) is 179 Å². The number of allylic oxidation sites excluding steroid dienone is 6. The Hall–Kier alpha value is -15.9. The molecule has 1 N–H and O–H groups in total. The van der Waals surface area contributed by atoms with E-state index in [1.54, 1.807) is 0 Å². The van der Waals surface area contributed by atoms with Crippen molar-refractivity contribution in [1.82, 2.24) is 14.1 Å². The van der Waals surface area contributed by atoms with Crippen molar-refractivity contribution < 1.29 is 0 Å². The fraction of sp³-hybridized carbons (Fsp3) is 0. The van der Waals surface area contributed by atoms with Crippen molar-refractivity contribution in [3.63, 3.8) is 0 Å². The van der Waals surface area contributed by atoms with Crippen LogP contribution in [0.5, 0.6) is 0 Å². The number of para-hydroxylation sites is 6. The smallest absolute Gasteiger partial charge is 0.111 e. The molecule has 3 nitrogen and oxygen atoms in total. The molecule has 0 radical (unpaired) electrons. The molecule has 0 aliphatic heterocycles. The SMILES string of the molecule is Brc1cccc2c1sc1c(C3=C[C+]=CC(c4ccc(-c5ccccc5)cc4)=C3)cccc12.c1ccc(-c2ccc(-c3cccc(-c4cccc5c4sc4c(-n6c7ccccc7c7ccccc76)cccc45)c3)cc2)cc1.c1ccc(-c2ccc(-c3cccc(-c4cccc5c4sc4c(-n6c7ccccc7c7ccccc76)cccc45)c3)cc2)cc1.c1ccc2c(c1)[nH]c1ccccc12. The van der Waals surface area contributed by atoms with Crippen molar-refractivity contribution in [1.29, 1.82) is 0 Å². The van der Waals surface area contributed by atoms with E-state index in [1.807, 2.05) is 34.0 Å². The molecular weight excluding hydrogens is 1730 g/mol. The van der Waals surface area contributed by atoms with Gasteiger partial charge in [0.15, 0.2) is 0 Å². The van der Waals surface area contributed by atoms with E-state index in [-0.39, 0.29) is 0 Å². The number of rotatable bonds is 11. The Labute approximate surface area is 790 Å². The minimum atomic E-state index is 1.15. The number of nitrogens with zero attached hydrogens (tertiary/aromatic N) is 2. The summed E-state index contributed by atoms with van der Waals surface area (Å²) >= 11 is 9.39. The third kappa shape index (κ3) is 14.9. The van der Waals surface area contributed by atoms with E-state index in [2.05, 4.69) is 521 Å². The van der Waals surface area contributed by atoms with E-state index >= 15 is 0 Å². The number of hydrogen-bond acceptors (Lipinski definition) is 3. The van der Waals surface area contributed by atoms with Gasteiger partial charge in [0, 0.05) is 106 Å². The van der Waals surface area contributed by atoms with E-state index in [9.17, 15) is 0 Å². The maximum absolute atomic E-state index is 3.72. The average molecular weight is 1810 g/mol. The predicted molar refractivity (Wildman–Crippen MR) is 578 cm³/mol. The van der Waals surface area contributed by atoms with Crippen LogP contribution in [-0.2, 0) is 0 Å². The number of aromatic amines is 1. The summed E-state index contributed by atoms with van der Waals surface area (Å²) in [6.45, 7) is 0. The molecule has 0 saturated carbocycles. The highest BCUT2D eigenvalue weighted by molar-refractivity contribution is 9.10. The Morgan fingerprint density at radius 2 is 0.481 bits per heavy atom. The number of nitrogens with one attached hydrogen (secondary N) is 1. The second-order valence-electron chi connectivity index (χ2n) is 33.7. The van der Waals surface area contributed by atoms with Gasteiger partial charge in [-0.3, -0.25) is 0 Å². The lowest BCUT2D eigenvalue weighted by atomic mass is 9.93. The maximum atomic E-state index is 3.72. The zero-order valence-electron chi connectivity index (χ0n) is 72.2. The van der Waals surface area contributed by atoms with Gasteiger partial charge in [0.1, 0.15) is 12.2 Å². The largest absolute Gasteiger partial charge is 0.355 e. The molecule has 624 valence electrons. The molecule has 0 saturated heterocycles. The van der Waals surface area contributed by atoms with Crippen LogP contribution in [0.4, 0.5) is 0 Å². The second-order valence-corrected chi connectivity index (χ2v) is 37.7. The van der Waals surface area contributed by atoms with Crippen molar-refractivity contribution in [2.75, 3.05) is 0 Å². The van der Waals surface area contributed by atoms with Crippen molar-refractivity contribution in [2.45, 2.75) is 0 Å². The molecule has 0 bridgehead atoms. The molecule has 0 unspecified atom stereocenters. The summed E-state index contributed by atoms with van der Waals surface area (Å²) < 4.78 is 13.9. The fourth-order valence-corrected chi connectivity index (χ4v) is 24.1. The van der Waals surface area contributed by atoms with Gasteiger partial charge in [-0.25, -0.2) is 0 Å². The number of aromatic nitrogens is 3. The average Bonchev–Trinajstić information content (AvgIpc) is 1.58. The Morgan fingerprint density at radius 3 is 0.895 bits per heavy atom. The van der Waals surface area contributed by atoms with E-state index in [0.717, 1.165) is 4.47 Å². The minimum absolute atomic E-state index is 1.15. The van der Waals surface area contributed by atoms with Gasteiger partial charge in [0.2, 0.25) is 0 Å². The molecular formula is C126H81BrN3S3+. The van der Waals surface area contributed by atoms with Crippen molar-refractivity contribution in [3.8, 4) is 89.3 Å². The fourth-order valence-electron chi connectivity index (χ4n) is 19.6. The van der Waals surface area contributed by atoms with Gasteiger partial charge in [-0.2, -0.15) is 0 Å². The monoisotopic (exact) mass is 1810 g/mol. The van der Waals surface area contributed by atoms with Crippen molar-refractivity contribution >= 4 is 187 Å². The number of halogens is 1. The van der Waals surface area contributed by atoms with Crippen LogP contribution in [0.3, 0.4) is 0 Å². The molecule has 26 aromatic rings. The molecule has 6 heterocycles. The highest BCUT2D eigenvalue weighted by Gasteiger charge is 2.24. The molecule has 0 atom stereocenters. The highest BCUT2D eigenvalue weighted by atomic mass is 79.9. The minimum Gasteiger partial charge on any atom is -0.355 e. The summed E-state index contributed by atoms with van der Waals surface area (Å²) in [5.74, 6) is 0. The Morgan fingerprint density at radius 1 is 0.203 bits per heavy atom. The molecule has 0 fully saturated rings. The maximum Gasteiger partial charge on any atom is 0.111 e. The Balaban J connectivity index is 0.000000104. The molecule has 133 heavy (non-hydrogen) atoms. The number of H-pyrrole nitrogens is 1. The summed E-state index contributed by atoms with van der Waals surface area (Å²) in [4.78, 5) is 3.38. The first-order chi connectivity index (χ1) is 65.9. The summed E-state index contributed by atoms with van der Waals surface area (Å²) in [6, 6.07) is 168. The lowest BCUT2D eigenvalue weighted by Gasteiger charge is -2.09. The van der Waals surface area contributed by atoms with Crippen LogP contribution in [0.1, 0.15) is 11.1 Å². The second kappa shape index (κ2) is 34.8. The molecule has 20 aromatic carbocycles. The van der Waals surface area contributed by atoms with E-state index in [4.69, 9.17) is 0 Å². The van der Waals surface area contributed by atoms with Crippen molar-refractivity contribution in [2.24, 2.45) is 0 Å². The van der Waals surface area contributed by atoms with Crippen LogP contribution < -0.4 is 0 Å². The van der Waals surface area contributed by atoms with Gasteiger partial charge in [-0.15, -0.1) is 34.0 Å². The first-order valence-electron chi connectivity index (χ1n) is 45.0. The van der Waals surface area contributed by atoms with Crippen LogP contribution in [0.2, 0.25) is 0 Å². The normalized spacial score (nSPS) is 11.9. The molecule has 1 aliphatic carbocycles. The number of thiophene rings is 3. The van der Waals surface area contributed by atoms with E-state index < -0.39 is 0 Å². The third-order valence-electron chi connectivity index (χ3n) is 26.0. The van der Waals surface area contributed by atoms with Crippen molar-refractivity contribution in [3.05, 3.63) is 507 Å². The Kier molecular flexibility index (Phi) is 21.1. The van der Waals surface area contributed by atoms with Gasteiger partial charge in [-0.1, -0.05) is 382 Å². The predicted octanol–water partition coefficient (Wildman–Crippen LogP) is 37.0. The van der Waals surface area contributed by atoms with Gasteiger partial charge < -0.3 is 14.1 Å². The molecule has 6 aromatic heterocycles. The number of benzene rings is 20. The molecule has 1 aliphatic rings.